The summed E-state index contributed by atoms with van der Waals surface area (Å²) in [6, 6.07) is 0. The molecule has 37 heavy (non-hydrogen) atoms. The van der Waals surface area contributed by atoms with Gasteiger partial charge < -0.3 is 30.3 Å². The smallest absolute Gasteiger partial charge is 0.330 e. The molecule has 11 nitrogen and oxygen atoms in total. The van der Waals surface area contributed by atoms with Crippen molar-refractivity contribution in [2.75, 3.05) is 13.2 Å². The molecule has 0 saturated carbocycles. The van der Waals surface area contributed by atoms with Crippen molar-refractivity contribution in [3.05, 3.63) is 60.8 Å². The third-order valence-electron chi connectivity index (χ3n) is 2.52. The molecule has 0 atom stereocenters. The summed E-state index contributed by atoms with van der Waals surface area (Å²) in [4.78, 5) is 48.0. The Hall–Kier alpha value is -3.99. The molecule has 0 radical (unpaired) electrons. The third-order valence-corrected chi connectivity index (χ3v) is 2.52. The molecule has 0 heterocycles. The monoisotopic (exact) mass is 532 g/mol. The molecule has 0 saturated heterocycles. The summed E-state index contributed by atoms with van der Waals surface area (Å²) in [6.45, 7) is 29.1. The number of hydrogen-bond acceptors (Lipinski definition) is 6. The molecule has 0 aromatic rings. The maximum atomic E-state index is 9.60. The van der Waals surface area contributed by atoms with Crippen LogP contribution >= 0.6 is 0 Å². The zero-order chi connectivity index (χ0) is 31.3. The molecule has 0 aliphatic heterocycles. The fraction of sp³-hybridized carbons (Fsp3) is 0.423. The lowest BCUT2D eigenvalue weighted by Crippen LogP contribution is -1.92. The van der Waals surface area contributed by atoms with Crippen LogP contribution in [-0.4, -0.2) is 68.6 Å². The molecule has 0 aromatic carbocycles. The molecular weight excluding hydrogens is 488 g/mol. The largest absolute Gasteiger partial charge is 0.478 e. The minimum atomic E-state index is -0.935. The highest BCUT2D eigenvalue weighted by atomic mass is 16.5. The molecule has 0 fully saturated rings. The van der Waals surface area contributed by atoms with Gasteiger partial charge in [-0.25, -0.2) is 24.0 Å². The van der Waals surface area contributed by atoms with Gasteiger partial charge in [-0.3, -0.25) is 0 Å². The predicted octanol–water partition coefficient (Wildman–Crippen LogP) is 5.06. The van der Waals surface area contributed by atoms with Crippen LogP contribution in [0.15, 0.2) is 60.8 Å². The minimum absolute atomic E-state index is 0.176. The zero-order valence-electron chi connectivity index (χ0n) is 23.0. The molecule has 0 aliphatic carbocycles. The van der Waals surface area contributed by atoms with Crippen LogP contribution in [0.1, 0.15) is 61.3 Å². The van der Waals surface area contributed by atoms with E-state index in [9.17, 15) is 24.0 Å². The van der Waals surface area contributed by atoms with E-state index in [1.54, 1.807) is 0 Å². The number of carboxylic acids is 5. The zero-order valence-corrected chi connectivity index (χ0v) is 23.0. The first kappa shape index (κ1) is 46.4. The number of hydrogen-bond donors (Lipinski definition) is 5. The van der Waals surface area contributed by atoms with Gasteiger partial charge in [0.1, 0.15) is 0 Å². The van der Waals surface area contributed by atoms with Gasteiger partial charge in [-0.1, -0.05) is 46.7 Å². The molecular formula is C26H44O11. The van der Waals surface area contributed by atoms with E-state index in [1.807, 2.05) is 0 Å². The highest BCUT2D eigenvalue weighted by Crippen LogP contribution is 1.83. The lowest BCUT2D eigenvalue weighted by molar-refractivity contribution is -0.133. The van der Waals surface area contributed by atoms with Gasteiger partial charge in [0.15, 0.2) is 0 Å². The first-order valence-corrected chi connectivity index (χ1v) is 10.6. The van der Waals surface area contributed by atoms with Crippen LogP contribution in [0.4, 0.5) is 0 Å². The molecule has 0 bridgehead atoms. The van der Waals surface area contributed by atoms with E-state index >= 15 is 0 Å². The SMILES string of the molecule is C=C(C)C(=O)O.C=C(C)C(=O)O.C=C(C)C(=O)O.C=C(C)C(=O)O.C=C(C)C(=O)O.CCCOCCC. The van der Waals surface area contributed by atoms with Gasteiger partial charge in [0, 0.05) is 41.1 Å². The van der Waals surface area contributed by atoms with Crippen molar-refractivity contribution in [1.29, 1.82) is 0 Å². The van der Waals surface area contributed by atoms with Gasteiger partial charge in [-0.05, 0) is 47.5 Å². The Morgan fingerprint density at radius 1 is 0.459 bits per heavy atom. The fourth-order valence-corrected chi connectivity index (χ4v) is 0.391. The van der Waals surface area contributed by atoms with Gasteiger partial charge in [-0.15, -0.1) is 0 Å². The number of carboxylic acid groups (broad SMARTS) is 5. The van der Waals surface area contributed by atoms with Crippen molar-refractivity contribution >= 4 is 29.8 Å². The van der Waals surface area contributed by atoms with Crippen molar-refractivity contribution < 1.29 is 54.2 Å². The molecule has 0 unspecified atom stereocenters. The summed E-state index contributed by atoms with van der Waals surface area (Å²) < 4.78 is 5.13. The van der Waals surface area contributed by atoms with Crippen LogP contribution in [0.3, 0.4) is 0 Å². The third kappa shape index (κ3) is 72.0. The van der Waals surface area contributed by atoms with Crippen molar-refractivity contribution in [2.24, 2.45) is 0 Å². The van der Waals surface area contributed by atoms with Crippen molar-refractivity contribution in [1.82, 2.24) is 0 Å². The van der Waals surface area contributed by atoms with Crippen LogP contribution < -0.4 is 0 Å². The summed E-state index contributed by atoms with van der Waals surface area (Å²) in [6.07, 6.45) is 2.28. The first-order chi connectivity index (χ1) is 16.6. The van der Waals surface area contributed by atoms with E-state index in [4.69, 9.17) is 30.3 Å². The summed E-state index contributed by atoms with van der Waals surface area (Å²) in [5.41, 5.74) is 0.880. The van der Waals surface area contributed by atoms with Gasteiger partial charge in [0.05, 0.1) is 0 Å². The Morgan fingerprint density at radius 2 is 0.568 bits per heavy atom. The second-order valence-electron chi connectivity index (χ2n) is 7.04. The number of carbonyl (C=O) groups is 5. The average molecular weight is 533 g/mol. The minimum Gasteiger partial charge on any atom is -0.478 e. The summed E-state index contributed by atoms with van der Waals surface area (Å²) in [5.74, 6) is -4.68. The van der Waals surface area contributed by atoms with Crippen LogP contribution in [0.5, 0.6) is 0 Å². The van der Waals surface area contributed by atoms with E-state index in [-0.39, 0.29) is 27.9 Å². The predicted molar refractivity (Wildman–Crippen MR) is 144 cm³/mol. The van der Waals surface area contributed by atoms with Crippen molar-refractivity contribution in [3.63, 3.8) is 0 Å². The van der Waals surface area contributed by atoms with E-state index in [0.717, 1.165) is 26.1 Å². The number of rotatable bonds is 9. The maximum absolute atomic E-state index is 9.60. The Kier molecular flexibility index (Phi) is 40.1. The van der Waals surface area contributed by atoms with Crippen LogP contribution in [0.2, 0.25) is 0 Å². The molecule has 11 heteroatoms. The van der Waals surface area contributed by atoms with Crippen molar-refractivity contribution in [3.8, 4) is 0 Å². The normalized spacial score (nSPS) is 7.86. The quantitative estimate of drug-likeness (QED) is 0.197. The van der Waals surface area contributed by atoms with Crippen LogP contribution in [0.25, 0.3) is 0 Å². The lowest BCUT2D eigenvalue weighted by Gasteiger charge is -1.95. The summed E-state index contributed by atoms with van der Waals surface area (Å²) in [7, 11) is 0. The van der Waals surface area contributed by atoms with E-state index in [1.165, 1.54) is 34.6 Å². The standard InChI is InChI=1S/C6H14O.5C4H6O2/c1-3-5-7-6-4-2;5*1-3(2)4(5)6/h3-6H2,1-2H3;5*1H2,2H3,(H,5,6). The second-order valence-corrected chi connectivity index (χ2v) is 7.04. The number of aliphatic carboxylic acids is 5. The lowest BCUT2D eigenvalue weighted by atomic mass is 10.4. The molecule has 0 aromatic heterocycles. The topological polar surface area (TPSA) is 196 Å². The molecule has 5 N–H and O–H groups in total. The Bertz CT molecular complexity index is 572. The summed E-state index contributed by atoms with van der Waals surface area (Å²) in [5, 5.41) is 39.5. The molecule has 0 spiro atoms. The second kappa shape index (κ2) is 32.0. The van der Waals surface area contributed by atoms with Gasteiger partial charge in [0.25, 0.3) is 0 Å². The molecule has 0 amide bonds. The summed E-state index contributed by atoms with van der Waals surface area (Å²) >= 11 is 0. The highest BCUT2D eigenvalue weighted by molar-refractivity contribution is 5.86. The Morgan fingerprint density at radius 3 is 0.622 bits per heavy atom. The molecule has 0 aliphatic rings. The van der Waals surface area contributed by atoms with Crippen LogP contribution in [0, 0.1) is 0 Å². The average Bonchev–Trinajstić information content (AvgIpc) is 2.76. The van der Waals surface area contributed by atoms with Gasteiger partial charge in [0.2, 0.25) is 0 Å². The van der Waals surface area contributed by atoms with Gasteiger partial charge >= 0.3 is 29.8 Å². The molecule has 0 rings (SSSR count). The van der Waals surface area contributed by atoms with Gasteiger partial charge in [-0.2, -0.15) is 0 Å². The van der Waals surface area contributed by atoms with E-state index < -0.39 is 29.8 Å². The van der Waals surface area contributed by atoms with E-state index in [2.05, 4.69) is 46.7 Å². The Balaban J connectivity index is -0.0000000780. The maximum Gasteiger partial charge on any atom is 0.330 e. The highest BCUT2D eigenvalue weighted by Gasteiger charge is 1.92. The fourth-order valence-electron chi connectivity index (χ4n) is 0.391. The first-order valence-electron chi connectivity index (χ1n) is 10.6. The Labute approximate surface area is 219 Å². The van der Waals surface area contributed by atoms with Crippen LogP contribution in [-0.2, 0) is 28.7 Å². The number of ether oxygens (including phenoxy) is 1. The molecule has 214 valence electrons. The van der Waals surface area contributed by atoms with Crippen molar-refractivity contribution in [2.45, 2.75) is 61.3 Å². The van der Waals surface area contributed by atoms with E-state index in [0.29, 0.717) is 0 Å².